The van der Waals surface area contributed by atoms with E-state index in [9.17, 15) is 4.79 Å². The Kier molecular flexibility index (Phi) is 8.31. The van der Waals surface area contributed by atoms with E-state index < -0.39 is 0 Å². The topological polar surface area (TPSA) is 77.8 Å². The van der Waals surface area contributed by atoms with Gasteiger partial charge in [-0.2, -0.15) is 4.52 Å². The minimum atomic E-state index is -0.153. The van der Waals surface area contributed by atoms with Crippen LogP contribution < -0.4 is 15.5 Å². The number of aromatic nitrogens is 3. The highest BCUT2D eigenvalue weighted by Gasteiger charge is 2.23. The van der Waals surface area contributed by atoms with Crippen LogP contribution >= 0.6 is 11.3 Å². The van der Waals surface area contributed by atoms with Crippen LogP contribution in [0.2, 0.25) is 0 Å². The lowest BCUT2D eigenvalue weighted by molar-refractivity contribution is -0.119. The number of nitrogens with one attached hydrogen (secondary N) is 2. The van der Waals surface area contributed by atoms with Crippen LogP contribution in [0.5, 0.6) is 0 Å². The highest BCUT2D eigenvalue weighted by atomic mass is 32.1. The standard InChI is InChI=1S/C24H37N7OS/c1-7-30(8-2)16-12-15-25-19(32)17-29(6)23-28-31-21(27-24(3,4)5)20(26-22(31)33-23)18-13-10-9-11-14-18/h9-11,13-14,27H,7-8,12,15-17H2,1-6H3,(H,25,32). The van der Waals surface area contributed by atoms with E-state index in [1.54, 1.807) is 0 Å². The third kappa shape index (κ3) is 6.68. The molecule has 0 fully saturated rings. The third-order valence-corrected chi connectivity index (χ3v) is 6.33. The average molecular weight is 472 g/mol. The Morgan fingerprint density at radius 3 is 2.48 bits per heavy atom. The van der Waals surface area contributed by atoms with E-state index in [2.05, 4.69) is 62.3 Å². The van der Waals surface area contributed by atoms with Crippen LogP contribution in [-0.2, 0) is 4.79 Å². The highest BCUT2D eigenvalue weighted by molar-refractivity contribution is 7.20. The monoisotopic (exact) mass is 471 g/mol. The van der Waals surface area contributed by atoms with Crippen LogP contribution in [0.4, 0.5) is 10.9 Å². The highest BCUT2D eigenvalue weighted by Crippen LogP contribution is 2.34. The maximum atomic E-state index is 12.4. The van der Waals surface area contributed by atoms with Gasteiger partial charge in [-0.05, 0) is 46.8 Å². The molecule has 2 N–H and O–H groups in total. The van der Waals surface area contributed by atoms with Crippen molar-refractivity contribution in [1.82, 2.24) is 24.8 Å². The van der Waals surface area contributed by atoms with Gasteiger partial charge < -0.3 is 20.4 Å². The first-order valence-electron chi connectivity index (χ1n) is 11.6. The Hall–Kier alpha value is -2.65. The number of hydrogen-bond donors (Lipinski definition) is 2. The van der Waals surface area contributed by atoms with Crippen LogP contribution in [-0.4, -0.2) is 70.7 Å². The number of amides is 1. The van der Waals surface area contributed by atoms with Gasteiger partial charge in [-0.15, -0.1) is 5.10 Å². The number of nitrogens with zero attached hydrogens (tertiary/aromatic N) is 5. The molecule has 9 heteroatoms. The zero-order valence-corrected chi connectivity index (χ0v) is 21.5. The van der Waals surface area contributed by atoms with E-state index in [0.717, 1.165) is 53.2 Å². The molecule has 1 amide bonds. The largest absolute Gasteiger partial charge is 0.364 e. The molecule has 2 heterocycles. The molecule has 1 aromatic carbocycles. The Morgan fingerprint density at radius 2 is 1.85 bits per heavy atom. The summed E-state index contributed by atoms with van der Waals surface area (Å²) in [6.45, 7) is 14.7. The van der Waals surface area contributed by atoms with Crippen molar-refractivity contribution in [1.29, 1.82) is 0 Å². The first-order chi connectivity index (χ1) is 15.7. The molecule has 0 bridgehead atoms. The van der Waals surface area contributed by atoms with Crippen LogP contribution in [0, 0.1) is 0 Å². The number of anilines is 2. The summed E-state index contributed by atoms with van der Waals surface area (Å²) in [5.74, 6) is 0.864. The van der Waals surface area contributed by atoms with Gasteiger partial charge in [0.05, 0.1) is 6.54 Å². The molecule has 3 aromatic rings. The van der Waals surface area contributed by atoms with Crippen molar-refractivity contribution in [3.63, 3.8) is 0 Å². The van der Waals surface area contributed by atoms with Crippen molar-refractivity contribution in [2.45, 2.75) is 46.6 Å². The summed E-state index contributed by atoms with van der Waals surface area (Å²) < 4.78 is 1.85. The normalized spacial score (nSPS) is 11.8. The molecular formula is C24H37N7OS. The van der Waals surface area contributed by atoms with Crippen molar-refractivity contribution in [2.24, 2.45) is 0 Å². The zero-order chi connectivity index (χ0) is 24.0. The fraction of sp³-hybridized carbons (Fsp3) is 0.542. The molecule has 3 rings (SSSR count). The molecule has 0 saturated heterocycles. The Morgan fingerprint density at radius 1 is 1.15 bits per heavy atom. The SMILES string of the molecule is CCN(CC)CCCNC(=O)CN(C)c1nn2c(NC(C)(C)C)c(-c3ccccc3)nc2s1. The second-order valence-electron chi connectivity index (χ2n) is 9.22. The summed E-state index contributed by atoms with van der Waals surface area (Å²) >= 11 is 1.48. The van der Waals surface area contributed by atoms with E-state index in [1.807, 2.05) is 34.7 Å². The van der Waals surface area contributed by atoms with E-state index in [4.69, 9.17) is 10.1 Å². The Labute approximate surface area is 201 Å². The zero-order valence-electron chi connectivity index (χ0n) is 20.7. The number of imidazole rings is 1. The van der Waals surface area contributed by atoms with E-state index in [-0.39, 0.29) is 18.0 Å². The maximum Gasteiger partial charge on any atom is 0.239 e. The second-order valence-corrected chi connectivity index (χ2v) is 10.1. The molecule has 2 aromatic heterocycles. The third-order valence-electron chi connectivity index (χ3n) is 5.31. The number of carbonyl (C=O) groups excluding carboxylic acids is 1. The molecule has 33 heavy (non-hydrogen) atoms. The molecule has 8 nitrogen and oxygen atoms in total. The van der Waals surface area contributed by atoms with Gasteiger partial charge in [-0.25, -0.2) is 4.98 Å². The number of benzene rings is 1. The van der Waals surface area contributed by atoms with Gasteiger partial charge in [0.25, 0.3) is 0 Å². The maximum absolute atomic E-state index is 12.4. The van der Waals surface area contributed by atoms with Crippen molar-refractivity contribution < 1.29 is 4.79 Å². The predicted octanol–water partition coefficient (Wildman–Crippen LogP) is 3.95. The molecule has 0 saturated carbocycles. The van der Waals surface area contributed by atoms with Crippen molar-refractivity contribution >= 4 is 33.2 Å². The molecule has 0 spiro atoms. The van der Waals surface area contributed by atoms with Gasteiger partial charge in [0, 0.05) is 24.7 Å². The first-order valence-corrected chi connectivity index (χ1v) is 12.5. The molecule has 0 unspecified atom stereocenters. The second kappa shape index (κ2) is 11.0. The Balaban J connectivity index is 1.70. The summed E-state index contributed by atoms with van der Waals surface area (Å²) in [6, 6.07) is 10.1. The number of rotatable bonds is 11. The van der Waals surface area contributed by atoms with E-state index in [1.165, 1.54) is 11.3 Å². The lowest BCUT2D eigenvalue weighted by Gasteiger charge is -2.22. The number of hydrogen-bond acceptors (Lipinski definition) is 7. The minimum absolute atomic E-state index is 0.00269. The number of carbonyl (C=O) groups is 1. The van der Waals surface area contributed by atoms with Crippen molar-refractivity contribution in [2.75, 3.05) is 50.0 Å². The molecule has 0 aliphatic heterocycles. The summed E-state index contributed by atoms with van der Waals surface area (Å²) in [6.07, 6.45) is 0.951. The quantitative estimate of drug-likeness (QED) is 0.412. The summed E-state index contributed by atoms with van der Waals surface area (Å²) in [5, 5.41) is 12.1. The van der Waals surface area contributed by atoms with Gasteiger partial charge in [0.2, 0.25) is 16.0 Å². The van der Waals surface area contributed by atoms with E-state index >= 15 is 0 Å². The van der Waals surface area contributed by atoms with Gasteiger partial charge in [-0.1, -0.05) is 55.5 Å². The van der Waals surface area contributed by atoms with Crippen LogP contribution in [0.1, 0.15) is 41.0 Å². The Bertz CT molecular complexity index is 1030. The summed E-state index contributed by atoms with van der Waals surface area (Å²) in [7, 11) is 1.89. The predicted molar refractivity (Wildman–Crippen MR) is 138 cm³/mol. The van der Waals surface area contributed by atoms with Crippen LogP contribution in [0.15, 0.2) is 30.3 Å². The van der Waals surface area contributed by atoms with Crippen LogP contribution in [0.25, 0.3) is 16.2 Å². The molecule has 0 radical (unpaired) electrons. The molecule has 0 atom stereocenters. The lowest BCUT2D eigenvalue weighted by Crippen LogP contribution is -2.36. The van der Waals surface area contributed by atoms with Crippen LogP contribution in [0.3, 0.4) is 0 Å². The summed E-state index contributed by atoms with van der Waals surface area (Å²) in [5.41, 5.74) is 1.77. The summed E-state index contributed by atoms with van der Waals surface area (Å²) in [4.78, 5) is 22.3. The molecule has 0 aliphatic carbocycles. The molecule has 180 valence electrons. The van der Waals surface area contributed by atoms with Crippen molar-refractivity contribution in [3.8, 4) is 11.3 Å². The first kappa shape index (κ1) is 25.0. The minimum Gasteiger partial charge on any atom is -0.364 e. The van der Waals surface area contributed by atoms with E-state index in [0.29, 0.717) is 6.54 Å². The van der Waals surface area contributed by atoms with Gasteiger partial charge in [0.1, 0.15) is 5.69 Å². The van der Waals surface area contributed by atoms with Gasteiger partial charge in [0.15, 0.2) is 5.82 Å². The van der Waals surface area contributed by atoms with Gasteiger partial charge >= 0.3 is 0 Å². The average Bonchev–Trinajstić information content (AvgIpc) is 3.33. The number of likely N-dealkylation sites (N-methyl/N-ethyl adjacent to an activating group) is 1. The smallest absolute Gasteiger partial charge is 0.239 e. The number of fused-ring (bicyclic) bond motifs is 1. The molecular weight excluding hydrogens is 434 g/mol. The fourth-order valence-corrected chi connectivity index (χ4v) is 4.43. The molecule has 0 aliphatic rings. The lowest BCUT2D eigenvalue weighted by atomic mass is 10.1. The van der Waals surface area contributed by atoms with Gasteiger partial charge in [-0.3, -0.25) is 4.79 Å². The van der Waals surface area contributed by atoms with Crippen molar-refractivity contribution in [3.05, 3.63) is 30.3 Å². The fourth-order valence-electron chi connectivity index (χ4n) is 3.57.